The average Bonchev–Trinajstić information content (AvgIpc) is 2.93. The van der Waals surface area contributed by atoms with Crippen LogP contribution in [0.4, 0.5) is 5.69 Å². The van der Waals surface area contributed by atoms with Crippen LogP contribution in [0.3, 0.4) is 0 Å². The third-order valence-corrected chi connectivity index (χ3v) is 4.13. The molecular weight excluding hydrogens is 258 g/mol. The molecule has 100 valence electrons. The summed E-state index contributed by atoms with van der Waals surface area (Å²) in [5.74, 6) is -0.270. The number of rotatable bonds is 5. The van der Waals surface area contributed by atoms with Crippen LogP contribution in [0.1, 0.15) is 22.7 Å². The van der Waals surface area contributed by atoms with Crippen LogP contribution in [0.25, 0.3) is 0 Å². The van der Waals surface area contributed by atoms with E-state index in [2.05, 4.69) is 18.3 Å². The van der Waals surface area contributed by atoms with Gasteiger partial charge in [0.2, 0.25) is 0 Å². The highest BCUT2D eigenvalue weighted by Crippen LogP contribution is 2.27. The van der Waals surface area contributed by atoms with E-state index in [1.165, 1.54) is 12.0 Å². The van der Waals surface area contributed by atoms with Crippen LogP contribution in [0, 0.1) is 0 Å². The van der Waals surface area contributed by atoms with E-state index in [-0.39, 0.29) is 5.97 Å². The van der Waals surface area contributed by atoms with Gasteiger partial charge < -0.3 is 10.1 Å². The summed E-state index contributed by atoms with van der Waals surface area (Å²) in [6.45, 7) is 2.10. The maximum atomic E-state index is 11.9. The topological polar surface area (TPSA) is 38.3 Å². The van der Waals surface area contributed by atoms with Gasteiger partial charge in [-0.05, 0) is 30.7 Å². The van der Waals surface area contributed by atoms with Gasteiger partial charge in [-0.3, -0.25) is 0 Å². The molecule has 0 radical (unpaired) electrons. The van der Waals surface area contributed by atoms with Crippen LogP contribution in [-0.4, -0.2) is 13.1 Å². The molecule has 1 N–H and O–H groups in total. The summed E-state index contributed by atoms with van der Waals surface area (Å²) < 4.78 is 4.89. The minimum atomic E-state index is -0.447. The van der Waals surface area contributed by atoms with E-state index in [1.807, 2.05) is 36.4 Å². The molecule has 0 spiro atoms. The van der Waals surface area contributed by atoms with Crippen molar-refractivity contribution in [3.05, 3.63) is 52.2 Å². The number of anilines is 1. The summed E-state index contributed by atoms with van der Waals surface area (Å²) in [6.07, 6.45) is 0.976. The van der Waals surface area contributed by atoms with Crippen LogP contribution in [0.15, 0.2) is 42.5 Å². The highest BCUT2D eigenvalue weighted by atomic mass is 32.1. The first kappa shape index (κ1) is 13.6. The van der Waals surface area contributed by atoms with E-state index in [0.29, 0.717) is 0 Å². The van der Waals surface area contributed by atoms with Crippen LogP contribution >= 0.6 is 11.3 Å². The molecule has 3 nitrogen and oxygen atoms in total. The van der Waals surface area contributed by atoms with Gasteiger partial charge in [-0.1, -0.05) is 25.1 Å². The Morgan fingerprint density at radius 3 is 2.58 bits per heavy atom. The first-order chi connectivity index (χ1) is 9.24. The molecule has 1 aromatic heterocycles. The summed E-state index contributed by atoms with van der Waals surface area (Å²) >= 11 is 1.64. The molecule has 2 rings (SSSR count). The molecule has 1 heterocycles. The zero-order valence-electron chi connectivity index (χ0n) is 11.1. The molecule has 1 aromatic carbocycles. The standard InChI is InChI=1S/C15H17NO2S/c1-3-12-9-10-13(19-12)14(15(17)18-2)16-11-7-5-4-6-8-11/h4-10,14,16H,3H2,1-2H3. The lowest BCUT2D eigenvalue weighted by Crippen LogP contribution is -2.21. The number of hydrogen-bond acceptors (Lipinski definition) is 4. The van der Waals surface area contributed by atoms with Crippen LogP contribution < -0.4 is 5.32 Å². The highest BCUT2D eigenvalue weighted by molar-refractivity contribution is 7.12. The molecule has 1 atom stereocenters. The molecule has 0 fully saturated rings. The number of para-hydroxylation sites is 1. The summed E-state index contributed by atoms with van der Waals surface area (Å²) in [5, 5.41) is 3.22. The minimum Gasteiger partial charge on any atom is -0.467 e. The predicted molar refractivity (Wildman–Crippen MR) is 78.5 cm³/mol. The Bertz CT molecular complexity index is 536. The number of ether oxygens (including phenoxy) is 1. The molecule has 0 aliphatic heterocycles. The lowest BCUT2D eigenvalue weighted by molar-refractivity contribution is -0.141. The molecule has 0 saturated carbocycles. The number of methoxy groups -OCH3 is 1. The van der Waals surface area contributed by atoms with Crippen molar-refractivity contribution < 1.29 is 9.53 Å². The van der Waals surface area contributed by atoms with Gasteiger partial charge in [-0.25, -0.2) is 4.79 Å². The second-order valence-corrected chi connectivity index (χ2v) is 5.32. The zero-order chi connectivity index (χ0) is 13.7. The van der Waals surface area contributed by atoms with Crippen LogP contribution in [-0.2, 0) is 16.0 Å². The Morgan fingerprint density at radius 2 is 2.00 bits per heavy atom. The molecule has 0 amide bonds. The summed E-state index contributed by atoms with van der Waals surface area (Å²) in [4.78, 5) is 14.2. The van der Waals surface area contributed by atoms with Crippen molar-refractivity contribution in [3.8, 4) is 0 Å². The van der Waals surface area contributed by atoms with Gasteiger partial charge >= 0.3 is 5.97 Å². The number of esters is 1. The van der Waals surface area contributed by atoms with Gasteiger partial charge in [-0.15, -0.1) is 11.3 Å². The quantitative estimate of drug-likeness (QED) is 0.847. The highest BCUT2D eigenvalue weighted by Gasteiger charge is 2.22. The Morgan fingerprint density at radius 1 is 1.26 bits per heavy atom. The van der Waals surface area contributed by atoms with Crippen LogP contribution in [0.2, 0.25) is 0 Å². The summed E-state index contributed by atoms with van der Waals surface area (Å²) in [5.41, 5.74) is 0.907. The van der Waals surface area contributed by atoms with Gasteiger partial charge in [0.25, 0.3) is 0 Å². The second-order valence-electron chi connectivity index (χ2n) is 4.12. The van der Waals surface area contributed by atoms with E-state index in [1.54, 1.807) is 11.3 Å². The molecule has 2 aromatic rings. The van der Waals surface area contributed by atoms with Crippen LogP contribution in [0.5, 0.6) is 0 Å². The largest absolute Gasteiger partial charge is 0.467 e. The second kappa shape index (κ2) is 6.38. The molecule has 0 bridgehead atoms. The average molecular weight is 275 g/mol. The number of thiophene rings is 1. The Kier molecular flexibility index (Phi) is 4.58. The van der Waals surface area contributed by atoms with E-state index >= 15 is 0 Å². The zero-order valence-corrected chi connectivity index (χ0v) is 11.9. The van der Waals surface area contributed by atoms with Gasteiger partial charge in [-0.2, -0.15) is 0 Å². The Hall–Kier alpha value is -1.81. The van der Waals surface area contributed by atoms with E-state index in [0.717, 1.165) is 17.0 Å². The number of aryl methyl sites for hydroxylation is 1. The molecule has 0 aliphatic rings. The van der Waals surface area contributed by atoms with Crippen molar-refractivity contribution in [1.29, 1.82) is 0 Å². The van der Waals surface area contributed by atoms with E-state index < -0.39 is 6.04 Å². The van der Waals surface area contributed by atoms with E-state index in [4.69, 9.17) is 4.74 Å². The number of nitrogens with one attached hydrogen (secondary N) is 1. The number of carbonyl (C=O) groups excluding carboxylic acids is 1. The first-order valence-corrected chi connectivity index (χ1v) is 7.04. The van der Waals surface area contributed by atoms with Gasteiger partial charge in [0.05, 0.1) is 7.11 Å². The smallest absolute Gasteiger partial charge is 0.333 e. The van der Waals surface area contributed by atoms with Crippen molar-refractivity contribution in [3.63, 3.8) is 0 Å². The fraction of sp³-hybridized carbons (Fsp3) is 0.267. The third kappa shape index (κ3) is 3.35. The lowest BCUT2D eigenvalue weighted by atomic mass is 10.2. The SMILES string of the molecule is CCc1ccc(C(Nc2ccccc2)C(=O)OC)s1. The van der Waals surface area contributed by atoms with Crippen molar-refractivity contribution in [2.24, 2.45) is 0 Å². The predicted octanol–water partition coefficient (Wildman–Crippen LogP) is 3.64. The Labute approximate surface area is 117 Å². The molecular formula is C15H17NO2S. The fourth-order valence-corrected chi connectivity index (χ4v) is 2.80. The maximum absolute atomic E-state index is 11.9. The number of benzene rings is 1. The molecule has 1 unspecified atom stereocenters. The van der Waals surface area contributed by atoms with Gasteiger partial charge in [0.15, 0.2) is 6.04 Å². The molecule has 19 heavy (non-hydrogen) atoms. The van der Waals surface area contributed by atoms with Crippen molar-refractivity contribution in [2.45, 2.75) is 19.4 Å². The molecule has 4 heteroatoms. The number of carbonyl (C=O) groups is 1. The summed E-state index contributed by atoms with van der Waals surface area (Å²) in [6, 6.07) is 13.3. The van der Waals surface area contributed by atoms with Crippen molar-refractivity contribution in [2.75, 3.05) is 12.4 Å². The summed E-state index contributed by atoms with van der Waals surface area (Å²) in [7, 11) is 1.41. The monoisotopic (exact) mass is 275 g/mol. The molecule has 0 saturated heterocycles. The fourth-order valence-electron chi connectivity index (χ4n) is 1.80. The normalized spacial score (nSPS) is 11.9. The Balaban J connectivity index is 2.23. The van der Waals surface area contributed by atoms with Gasteiger partial charge in [0, 0.05) is 15.4 Å². The first-order valence-electron chi connectivity index (χ1n) is 6.22. The molecule has 0 aliphatic carbocycles. The van der Waals surface area contributed by atoms with Crippen molar-refractivity contribution >= 4 is 23.0 Å². The number of hydrogen-bond donors (Lipinski definition) is 1. The minimum absolute atomic E-state index is 0.270. The van der Waals surface area contributed by atoms with E-state index in [9.17, 15) is 4.79 Å². The lowest BCUT2D eigenvalue weighted by Gasteiger charge is -2.16. The maximum Gasteiger partial charge on any atom is 0.333 e. The van der Waals surface area contributed by atoms with Crippen molar-refractivity contribution in [1.82, 2.24) is 0 Å². The van der Waals surface area contributed by atoms with Gasteiger partial charge in [0.1, 0.15) is 0 Å². The third-order valence-electron chi connectivity index (χ3n) is 2.84.